The monoisotopic (exact) mass is 242 g/mol. The van der Waals surface area contributed by atoms with Crippen LogP contribution >= 0.6 is 0 Å². The van der Waals surface area contributed by atoms with Crippen LogP contribution in [0.15, 0.2) is 0 Å². The molecular formula is C12H22N2O3. The van der Waals surface area contributed by atoms with Gasteiger partial charge in [0.15, 0.2) is 0 Å². The van der Waals surface area contributed by atoms with Crippen LogP contribution in [0.4, 0.5) is 0 Å². The lowest BCUT2D eigenvalue weighted by Crippen LogP contribution is -2.41. The second-order valence-electron chi connectivity index (χ2n) is 5.20. The summed E-state index contributed by atoms with van der Waals surface area (Å²) in [5.41, 5.74) is 0. The predicted octanol–water partition coefficient (Wildman–Crippen LogP) is 0.555. The van der Waals surface area contributed by atoms with Gasteiger partial charge in [-0.25, -0.2) is 0 Å². The Labute approximate surface area is 102 Å². The van der Waals surface area contributed by atoms with Crippen molar-refractivity contribution >= 4 is 11.9 Å². The molecule has 0 unspecified atom stereocenters. The van der Waals surface area contributed by atoms with Crippen molar-refractivity contribution in [3.8, 4) is 0 Å². The van der Waals surface area contributed by atoms with Crippen molar-refractivity contribution in [2.24, 2.45) is 11.8 Å². The minimum atomic E-state index is -0.873. The molecule has 0 aromatic rings. The van der Waals surface area contributed by atoms with Gasteiger partial charge in [0.2, 0.25) is 5.91 Å². The zero-order valence-corrected chi connectivity index (χ0v) is 10.6. The van der Waals surface area contributed by atoms with E-state index in [1.165, 1.54) is 0 Å². The Kier molecular flexibility index (Phi) is 5.41. The summed E-state index contributed by atoms with van der Waals surface area (Å²) in [5, 5.41) is 11.6. The molecule has 5 heteroatoms. The van der Waals surface area contributed by atoms with Crippen LogP contribution in [-0.4, -0.2) is 48.1 Å². The lowest BCUT2D eigenvalue weighted by molar-refractivity contribution is -0.138. The van der Waals surface area contributed by atoms with Gasteiger partial charge in [-0.1, -0.05) is 13.8 Å². The van der Waals surface area contributed by atoms with Crippen molar-refractivity contribution < 1.29 is 14.7 Å². The zero-order chi connectivity index (χ0) is 12.8. The van der Waals surface area contributed by atoms with Crippen molar-refractivity contribution in [3.63, 3.8) is 0 Å². The first-order valence-corrected chi connectivity index (χ1v) is 6.18. The number of nitrogens with zero attached hydrogens (tertiary/aromatic N) is 1. The number of rotatable bonds is 8. The Balaban J connectivity index is 2.30. The second kappa shape index (κ2) is 6.59. The van der Waals surface area contributed by atoms with Gasteiger partial charge in [-0.05, 0) is 24.7 Å². The molecule has 1 saturated carbocycles. The predicted molar refractivity (Wildman–Crippen MR) is 64.6 cm³/mol. The minimum absolute atomic E-state index is 0.0500. The number of carbonyl (C=O) groups is 2. The van der Waals surface area contributed by atoms with Crippen LogP contribution in [-0.2, 0) is 9.59 Å². The number of carboxylic acids is 1. The molecule has 0 atom stereocenters. The summed E-state index contributed by atoms with van der Waals surface area (Å²) >= 11 is 0. The molecule has 0 radical (unpaired) electrons. The molecule has 0 heterocycles. The lowest BCUT2D eigenvalue weighted by atomic mass is 10.2. The third-order valence-electron chi connectivity index (χ3n) is 2.65. The van der Waals surface area contributed by atoms with Gasteiger partial charge in [-0.2, -0.15) is 0 Å². The van der Waals surface area contributed by atoms with Crippen LogP contribution in [0.5, 0.6) is 0 Å². The molecule has 1 aliphatic carbocycles. The van der Waals surface area contributed by atoms with Crippen molar-refractivity contribution in [1.29, 1.82) is 0 Å². The highest BCUT2D eigenvalue weighted by atomic mass is 16.4. The molecule has 5 nitrogen and oxygen atoms in total. The smallest absolute Gasteiger partial charge is 0.317 e. The molecule has 1 aliphatic rings. The van der Waals surface area contributed by atoms with Gasteiger partial charge in [-0.15, -0.1) is 0 Å². The summed E-state index contributed by atoms with van der Waals surface area (Å²) in [7, 11) is 0. The summed E-state index contributed by atoms with van der Waals surface area (Å²) in [6, 6.07) is 0. The molecule has 0 aromatic heterocycles. The first-order valence-electron chi connectivity index (χ1n) is 6.18. The molecule has 1 fully saturated rings. The third-order valence-corrected chi connectivity index (χ3v) is 2.65. The van der Waals surface area contributed by atoms with E-state index in [9.17, 15) is 9.59 Å². The standard InChI is InChI=1S/C12H22N2O3/c1-9(2)5-13-11(15)7-14(8-12(16)17)6-10-3-4-10/h9-10H,3-8H2,1-2H3,(H,13,15)(H,16,17). The molecular weight excluding hydrogens is 220 g/mol. The van der Waals surface area contributed by atoms with E-state index in [1.807, 2.05) is 13.8 Å². The van der Waals surface area contributed by atoms with Gasteiger partial charge in [0.1, 0.15) is 0 Å². The number of nitrogens with one attached hydrogen (secondary N) is 1. The van der Waals surface area contributed by atoms with Crippen molar-refractivity contribution in [2.75, 3.05) is 26.2 Å². The van der Waals surface area contributed by atoms with Gasteiger partial charge in [0, 0.05) is 13.1 Å². The fraction of sp³-hybridized carbons (Fsp3) is 0.833. The Hall–Kier alpha value is -1.10. The molecule has 0 aromatic carbocycles. The molecule has 98 valence electrons. The summed E-state index contributed by atoms with van der Waals surface area (Å²) in [5.74, 6) is 0.0467. The zero-order valence-electron chi connectivity index (χ0n) is 10.6. The molecule has 1 amide bonds. The Bertz CT molecular complexity index is 275. The van der Waals surface area contributed by atoms with Gasteiger partial charge >= 0.3 is 5.97 Å². The Morgan fingerprint density at radius 2 is 2.00 bits per heavy atom. The normalized spacial score (nSPS) is 15.3. The number of carboxylic acid groups (broad SMARTS) is 1. The van der Waals surface area contributed by atoms with Crippen molar-refractivity contribution in [1.82, 2.24) is 10.2 Å². The van der Waals surface area contributed by atoms with Gasteiger partial charge < -0.3 is 10.4 Å². The molecule has 0 bridgehead atoms. The highest BCUT2D eigenvalue weighted by Crippen LogP contribution is 2.29. The highest BCUT2D eigenvalue weighted by molar-refractivity contribution is 5.79. The van der Waals surface area contributed by atoms with Crippen LogP contribution in [0, 0.1) is 11.8 Å². The molecule has 17 heavy (non-hydrogen) atoms. The van der Waals surface area contributed by atoms with E-state index in [-0.39, 0.29) is 19.0 Å². The lowest BCUT2D eigenvalue weighted by Gasteiger charge is -2.19. The first-order chi connectivity index (χ1) is 7.97. The van der Waals surface area contributed by atoms with E-state index in [0.717, 1.165) is 19.4 Å². The van der Waals surface area contributed by atoms with E-state index in [0.29, 0.717) is 18.4 Å². The maximum absolute atomic E-state index is 11.6. The van der Waals surface area contributed by atoms with Crippen LogP contribution in [0.3, 0.4) is 0 Å². The van der Waals surface area contributed by atoms with E-state index >= 15 is 0 Å². The maximum Gasteiger partial charge on any atom is 0.317 e. The molecule has 2 N–H and O–H groups in total. The number of carbonyl (C=O) groups excluding carboxylic acids is 1. The van der Waals surface area contributed by atoms with Crippen LogP contribution < -0.4 is 5.32 Å². The van der Waals surface area contributed by atoms with Crippen molar-refractivity contribution in [3.05, 3.63) is 0 Å². The minimum Gasteiger partial charge on any atom is -0.480 e. The Morgan fingerprint density at radius 1 is 1.35 bits per heavy atom. The van der Waals surface area contributed by atoms with E-state index in [2.05, 4.69) is 5.32 Å². The summed E-state index contributed by atoms with van der Waals surface area (Å²) < 4.78 is 0. The first kappa shape index (κ1) is 14.0. The second-order valence-corrected chi connectivity index (χ2v) is 5.20. The van der Waals surface area contributed by atoms with Gasteiger partial charge in [0.25, 0.3) is 0 Å². The summed E-state index contributed by atoms with van der Waals surface area (Å²) in [6.07, 6.45) is 2.31. The number of hydrogen-bond acceptors (Lipinski definition) is 3. The SMILES string of the molecule is CC(C)CNC(=O)CN(CC(=O)O)CC1CC1. The number of hydrogen-bond donors (Lipinski definition) is 2. The van der Waals surface area contributed by atoms with Crippen LogP contribution in [0.1, 0.15) is 26.7 Å². The molecule has 1 rings (SSSR count). The Morgan fingerprint density at radius 3 is 2.47 bits per heavy atom. The highest BCUT2D eigenvalue weighted by Gasteiger charge is 2.26. The van der Waals surface area contributed by atoms with E-state index in [1.54, 1.807) is 4.90 Å². The number of amides is 1. The summed E-state index contributed by atoms with van der Waals surface area (Å²) in [4.78, 5) is 24.0. The maximum atomic E-state index is 11.6. The fourth-order valence-corrected chi connectivity index (χ4v) is 1.62. The van der Waals surface area contributed by atoms with Crippen LogP contribution in [0.2, 0.25) is 0 Å². The van der Waals surface area contributed by atoms with Gasteiger partial charge in [-0.3, -0.25) is 14.5 Å². The molecule has 0 aliphatic heterocycles. The molecule has 0 spiro atoms. The van der Waals surface area contributed by atoms with Crippen molar-refractivity contribution in [2.45, 2.75) is 26.7 Å². The van der Waals surface area contributed by atoms with E-state index in [4.69, 9.17) is 5.11 Å². The quantitative estimate of drug-likeness (QED) is 0.652. The van der Waals surface area contributed by atoms with E-state index < -0.39 is 5.97 Å². The average molecular weight is 242 g/mol. The third kappa shape index (κ3) is 6.94. The van der Waals surface area contributed by atoms with Crippen LogP contribution in [0.25, 0.3) is 0 Å². The average Bonchev–Trinajstić information content (AvgIpc) is 2.97. The molecule has 0 saturated heterocycles. The topological polar surface area (TPSA) is 69.6 Å². The van der Waals surface area contributed by atoms with Gasteiger partial charge in [0.05, 0.1) is 13.1 Å². The largest absolute Gasteiger partial charge is 0.480 e. The fourth-order valence-electron chi connectivity index (χ4n) is 1.62. The summed E-state index contributed by atoms with van der Waals surface area (Å²) in [6.45, 7) is 5.56. The number of aliphatic carboxylic acids is 1.